The third-order valence-electron chi connectivity index (χ3n) is 4.58. The Labute approximate surface area is 146 Å². The Morgan fingerprint density at radius 1 is 1.20 bits per heavy atom. The highest BCUT2D eigenvalue weighted by Crippen LogP contribution is 2.36. The number of ether oxygens (including phenoxy) is 4. The molecule has 2 aliphatic rings. The Morgan fingerprint density at radius 2 is 1.84 bits per heavy atom. The van der Waals surface area contributed by atoms with Crippen LogP contribution in [0.2, 0.25) is 0 Å². The zero-order chi connectivity index (χ0) is 19.0. The number of esters is 2. The Kier molecular flexibility index (Phi) is 5.34. The second-order valence-electron chi connectivity index (χ2n) is 7.18. The highest BCUT2D eigenvalue weighted by atomic mass is 16.8. The van der Waals surface area contributed by atoms with Crippen molar-refractivity contribution in [3.05, 3.63) is 0 Å². The molecule has 0 amide bonds. The molecule has 0 aliphatic carbocycles. The van der Waals surface area contributed by atoms with Crippen LogP contribution in [0.1, 0.15) is 47.5 Å². The van der Waals surface area contributed by atoms with E-state index >= 15 is 0 Å². The minimum Gasteiger partial charge on any atom is -0.461 e. The third kappa shape index (κ3) is 4.07. The summed E-state index contributed by atoms with van der Waals surface area (Å²) in [4.78, 5) is 47.3. The van der Waals surface area contributed by atoms with Crippen LogP contribution in [0, 0.1) is 5.41 Å². The number of hydrogen-bond acceptors (Lipinski definition) is 8. The molecule has 140 valence electrons. The molecular formula is C17H24O8. The second-order valence-corrected chi connectivity index (χ2v) is 7.18. The first kappa shape index (κ1) is 19.5. The molecule has 25 heavy (non-hydrogen) atoms. The van der Waals surface area contributed by atoms with Gasteiger partial charge in [0.1, 0.15) is 29.7 Å². The first-order valence-electron chi connectivity index (χ1n) is 8.20. The van der Waals surface area contributed by atoms with Crippen molar-refractivity contribution in [3.63, 3.8) is 0 Å². The van der Waals surface area contributed by atoms with E-state index in [-0.39, 0.29) is 31.0 Å². The standard InChI is InChI=1S/C17H24O8/c1-9(18)6-7-17(5,10(2)19)15(21)22-8-11-12-13(14(20)23-11)25-16(3,4)24-12/h11-13H,6-8H2,1-5H3/t11-,12-,13-,17+/m1/s1. The summed E-state index contributed by atoms with van der Waals surface area (Å²) in [5.74, 6) is -2.75. The molecule has 0 radical (unpaired) electrons. The summed E-state index contributed by atoms with van der Waals surface area (Å²) >= 11 is 0. The van der Waals surface area contributed by atoms with E-state index in [0.717, 1.165) is 0 Å². The van der Waals surface area contributed by atoms with Crippen molar-refractivity contribution < 1.29 is 38.1 Å². The molecule has 8 heteroatoms. The predicted octanol–water partition coefficient (Wildman–Crippen LogP) is 0.940. The van der Waals surface area contributed by atoms with E-state index in [1.165, 1.54) is 20.8 Å². The number of Topliss-reactive ketones (excluding diaryl/α,β-unsaturated/α-hetero) is 2. The minimum absolute atomic E-state index is 0.0691. The first-order valence-corrected chi connectivity index (χ1v) is 8.20. The van der Waals surface area contributed by atoms with Crippen LogP contribution in [0.3, 0.4) is 0 Å². The number of hydrogen-bond donors (Lipinski definition) is 0. The van der Waals surface area contributed by atoms with Crippen molar-refractivity contribution in [2.45, 2.75) is 71.6 Å². The van der Waals surface area contributed by atoms with E-state index in [2.05, 4.69) is 0 Å². The van der Waals surface area contributed by atoms with E-state index in [0.29, 0.717) is 0 Å². The van der Waals surface area contributed by atoms with Crippen molar-refractivity contribution in [1.29, 1.82) is 0 Å². The van der Waals surface area contributed by atoms with Gasteiger partial charge in [0.2, 0.25) is 0 Å². The molecule has 8 nitrogen and oxygen atoms in total. The van der Waals surface area contributed by atoms with Gasteiger partial charge in [-0.1, -0.05) is 0 Å². The number of rotatable bonds is 7. The Hall–Kier alpha value is -1.80. The van der Waals surface area contributed by atoms with Crippen LogP contribution in [0.25, 0.3) is 0 Å². The van der Waals surface area contributed by atoms with Crippen LogP contribution < -0.4 is 0 Å². The highest BCUT2D eigenvalue weighted by Gasteiger charge is 2.56. The van der Waals surface area contributed by atoms with Gasteiger partial charge in [0, 0.05) is 6.42 Å². The van der Waals surface area contributed by atoms with Gasteiger partial charge in [0.25, 0.3) is 0 Å². The van der Waals surface area contributed by atoms with Crippen molar-refractivity contribution in [1.82, 2.24) is 0 Å². The molecule has 2 heterocycles. The van der Waals surface area contributed by atoms with Crippen molar-refractivity contribution >= 4 is 23.5 Å². The quantitative estimate of drug-likeness (QED) is 0.490. The van der Waals surface area contributed by atoms with Gasteiger partial charge in [-0.2, -0.15) is 0 Å². The van der Waals surface area contributed by atoms with Gasteiger partial charge < -0.3 is 23.7 Å². The summed E-state index contributed by atoms with van der Waals surface area (Å²) in [6, 6.07) is 0. The maximum absolute atomic E-state index is 12.4. The average Bonchev–Trinajstić information content (AvgIpc) is 2.96. The van der Waals surface area contributed by atoms with Crippen LogP contribution in [0.15, 0.2) is 0 Å². The molecule has 0 aromatic rings. The predicted molar refractivity (Wildman–Crippen MR) is 83.4 cm³/mol. The molecule has 0 bridgehead atoms. The lowest BCUT2D eigenvalue weighted by Crippen LogP contribution is -2.40. The van der Waals surface area contributed by atoms with Crippen LogP contribution >= 0.6 is 0 Å². The zero-order valence-electron chi connectivity index (χ0n) is 15.1. The van der Waals surface area contributed by atoms with E-state index in [4.69, 9.17) is 18.9 Å². The fourth-order valence-electron chi connectivity index (χ4n) is 2.82. The average molecular weight is 356 g/mol. The summed E-state index contributed by atoms with van der Waals surface area (Å²) < 4.78 is 21.5. The third-order valence-corrected chi connectivity index (χ3v) is 4.58. The van der Waals surface area contributed by atoms with E-state index in [9.17, 15) is 19.2 Å². The number of cyclic esters (lactones) is 1. The molecule has 2 saturated heterocycles. The van der Waals surface area contributed by atoms with Gasteiger partial charge in [0.05, 0.1) is 0 Å². The summed E-state index contributed by atoms with van der Waals surface area (Å²) in [5.41, 5.74) is -1.42. The van der Waals surface area contributed by atoms with Crippen LogP contribution in [-0.4, -0.2) is 54.2 Å². The first-order chi connectivity index (χ1) is 11.5. The fraction of sp³-hybridized carbons (Fsp3) is 0.765. The normalized spacial score (nSPS) is 29.5. The van der Waals surface area contributed by atoms with Gasteiger partial charge in [0.15, 0.2) is 18.0 Å². The molecule has 2 rings (SSSR count). The SMILES string of the molecule is CC(=O)CC[C@@](C)(C(C)=O)C(=O)OC[C@H]1OC(=O)[C@@H]2OC(C)(C)O[C@H]12. The minimum atomic E-state index is -1.42. The maximum atomic E-state index is 12.4. The Bertz CT molecular complexity index is 595. The maximum Gasteiger partial charge on any atom is 0.338 e. The van der Waals surface area contributed by atoms with Crippen LogP contribution in [-0.2, 0) is 38.1 Å². The molecule has 0 spiro atoms. The monoisotopic (exact) mass is 356 g/mol. The molecule has 0 unspecified atom stereocenters. The van der Waals surface area contributed by atoms with E-state index in [1.54, 1.807) is 13.8 Å². The molecule has 0 saturated carbocycles. The smallest absolute Gasteiger partial charge is 0.338 e. The van der Waals surface area contributed by atoms with Gasteiger partial charge >= 0.3 is 11.9 Å². The van der Waals surface area contributed by atoms with E-state index in [1.807, 2.05) is 0 Å². The summed E-state index contributed by atoms with van der Waals surface area (Å²) in [6.07, 6.45) is -2.15. The lowest BCUT2D eigenvalue weighted by Gasteiger charge is -2.26. The molecule has 2 fully saturated rings. The Morgan fingerprint density at radius 3 is 2.40 bits per heavy atom. The summed E-state index contributed by atoms with van der Waals surface area (Å²) in [7, 11) is 0. The van der Waals surface area contributed by atoms with E-state index < -0.39 is 41.5 Å². The molecule has 0 aromatic heterocycles. The molecule has 0 aromatic carbocycles. The topological polar surface area (TPSA) is 105 Å². The van der Waals surface area contributed by atoms with Gasteiger partial charge in [-0.05, 0) is 41.0 Å². The van der Waals surface area contributed by atoms with Gasteiger partial charge in [-0.3, -0.25) is 9.59 Å². The number of ketones is 2. The molecular weight excluding hydrogens is 332 g/mol. The van der Waals surface area contributed by atoms with Crippen LogP contribution in [0.5, 0.6) is 0 Å². The van der Waals surface area contributed by atoms with Crippen molar-refractivity contribution in [2.75, 3.05) is 6.61 Å². The number of carbonyl (C=O) groups is 4. The summed E-state index contributed by atoms with van der Waals surface area (Å²) in [5, 5.41) is 0. The van der Waals surface area contributed by atoms with Crippen molar-refractivity contribution in [2.24, 2.45) is 5.41 Å². The lowest BCUT2D eigenvalue weighted by atomic mass is 9.81. The summed E-state index contributed by atoms with van der Waals surface area (Å²) in [6.45, 7) is 7.23. The lowest BCUT2D eigenvalue weighted by molar-refractivity contribution is -0.192. The highest BCUT2D eigenvalue weighted by molar-refractivity contribution is 6.02. The second kappa shape index (κ2) is 6.84. The van der Waals surface area contributed by atoms with Gasteiger partial charge in [-0.15, -0.1) is 0 Å². The van der Waals surface area contributed by atoms with Crippen LogP contribution in [0.4, 0.5) is 0 Å². The van der Waals surface area contributed by atoms with Crippen molar-refractivity contribution in [3.8, 4) is 0 Å². The molecule has 2 aliphatic heterocycles. The van der Waals surface area contributed by atoms with Gasteiger partial charge in [-0.25, -0.2) is 4.79 Å². The largest absolute Gasteiger partial charge is 0.461 e. The Balaban J connectivity index is 1.99. The number of carbonyl (C=O) groups excluding carboxylic acids is 4. The molecule has 0 N–H and O–H groups in total. The zero-order valence-corrected chi connectivity index (χ0v) is 15.1. The fourth-order valence-corrected chi connectivity index (χ4v) is 2.82. The number of fused-ring (bicyclic) bond motifs is 1. The molecule has 4 atom stereocenters.